The van der Waals surface area contributed by atoms with E-state index in [0.717, 1.165) is 36.4 Å². The monoisotopic (exact) mass is 359 g/mol. The molecule has 2 heterocycles. The Morgan fingerprint density at radius 1 is 1.50 bits per heavy atom. The van der Waals surface area contributed by atoms with Gasteiger partial charge in [0.05, 0.1) is 15.5 Å². The van der Waals surface area contributed by atoms with Gasteiger partial charge in [-0.25, -0.2) is 9.37 Å². The molecule has 0 N–H and O–H groups in total. The van der Waals surface area contributed by atoms with Gasteiger partial charge in [0.2, 0.25) is 0 Å². The first kappa shape index (κ1) is 14.3. The molecule has 0 radical (unpaired) electrons. The van der Waals surface area contributed by atoms with Crippen molar-refractivity contribution in [1.29, 1.82) is 0 Å². The Balaban J connectivity index is 2.15. The summed E-state index contributed by atoms with van der Waals surface area (Å²) in [5.74, 6) is 1.23. The lowest BCUT2D eigenvalue weighted by Crippen LogP contribution is -2.18. The number of likely N-dealkylation sites (N-methyl/N-ethyl adjacent to an activating group) is 1. The Hall–Kier alpha value is -0.650. The third kappa shape index (κ3) is 2.47. The molecule has 0 saturated carbocycles. The lowest BCUT2D eigenvalue weighted by Gasteiger charge is -2.16. The Bertz CT molecular complexity index is 643. The maximum atomic E-state index is 13.9. The van der Waals surface area contributed by atoms with Crippen LogP contribution < -0.4 is 0 Å². The second-order valence-corrected chi connectivity index (χ2v) is 6.53. The molecule has 0 bridgehead atoms. The zero-order valence-corrected chi connectivity index (χ0v) is 13.6. The van der Waals surface area contributed by atoms with E-state index in [1.54, 1.807) is 12.1 Å². The van der Waals surface area contributed by atoms with Gasteiger partial charge >= 0.3 is 0 Å². The second-order valence-electron chi connectivity index (χ2n) is 5.30. The molecule has 3 nitrogen and oxygen atoms in total. The fourth-order valence-corrected chi connectivity index (χ4v) is 3.43. The summed E-state index contributed by atoms with van der Waals surface area (Å²) in [4.78, 5) is 6.93. The van der Waals surface area contributed by atoms with Crippen LogP contribution in [-0.2, 0) is 6.42 Å². The molecular weight excluding hydrogens is 345 g/mol. The van der Waals surface area contributed by atoms with Gasteiger partial charge in [-0.15, -0.1) is 11.6 Å². The number of likely N-dealkylation sites (tertiary alicyclic amines) is 1. The third-order valence-electron chi connectivity index (χ3n) is 3.85. The molecule has 0 amide bonds. The van der Waals surface area contributed by atoms with Crippen LogP contribution in [0.3, 0.4) is 0 Å². The summed E-state index contributed by atoms with van der Waals surface area (Å²) in [5.41, 5.74) is 1.69. The van der Waals surface area contributed by atoms with Gasteiger partial charge in [0.1, 0.15) is 11.6 Å². The lowest BCUT2D eigenvalue weighted by atomic mass is 10.2. The van der Waals surface area contributed by atoms with Gasteiger partial charge in [-0.3, -0.25) is 0 Å². The molecule has 20 heavy (non-hydrogen) atoms. The molecule has 6 heteroatoms. The average Bonchev–Trinajstić information content (AvgIpc) is 2.94. The van der Waals surface area contributed by atoms with Crippen LogP contribution in [0.2, 0.25) is 0 Å². The number of aromatic nitrogens is 2. The quantitative estimate of drug-likeness (QED) is 0.780. The maximum Gasteiger partial charge on any atom is 0.139 e. The molecule has 108 valence electrons. The number of aryl methyl sites for hydroxylation is 1. The molecule has 1 aromatic carbocycles. The van der Waals surface area contributed by atoms with E-state index >= 15 is 0 Å². The van der Waals surface area contributed by atoms with E-state index in [0.29, 0.717) is 22.8 Å². The SMILES string of the molecule is CN1CCC(n2c(CCCl)nc3cc(Br)c(F)cc32)C1. The lowest BCUT2D eigenvalue weighted by molar-refractivity contribution is 0.392. The van der Waals surface area contributed by atoms with E-state index in [9.17, 15) is 4.39 Å². The number of rotatable bonds is 3. The number of nitrogens with zero attached hydrogens (tertiary/aromatic N) is 3. The molecule has 3 rings (SSSR count). The van der Waals surface area contributed by atoms with Crippen molar-refractivity contribution < 1.29 is 4.39 Å². The molecule has 0 spiro atoms. The van der Waals surface area contributed by atoms with Crippen LogP contribution in [0.4, 0.5) is 4.39 Å². The van der Waals surface area contributed by atoms with Crippen LogP contribution in [0.1, 0.15) is 18.3 Å². The Morgan fingerprint density at radius 2 is 2.30 bits per heavy atom. The minimum atomic E-state index is -0.248. The summed E-state index contributed by atoms with van der Waals surface area (Å²) in [6.45, 7) is 2.03. The summed E-state index contributed by atoms with van der Waals surface area (Å²) in [5, 5.41) is 0. The van der Waals surface area contributed by atoms with Gasteiger partial charge in [-0.05, 0) is 42.0 Å². The molecule has 1 atom stereocenters. The zero-order chi connectivity index (χ0) is 14.3. The van der Waals surface area contributed by atoms with Crippen molar-refractivity contribution >= 4 is 38.6 Å². The highest BCUT2D eigenvalue weighted by Gasteiger charge is 2.25. The fraction of sp³-hybridized carbons (Fsp3) is 0.500. The standard InChI is InChI=1S/C14H16BrClFN3/c1-19-5-3-9(8-19)20-13-7-11(17)10(15)6-12(13)18-14(20)2-4-16/h6-7,9H,2-5,8H2,1H3. The minimum Gasteiger partial charge on any atom is -0.323 e. The number of benzene rings is 1. The number of halogens is 3. The van der Waals surface area contributed by atoms with Gasteiger partial charge in [0.25, 0.3) is 0 Å². The summed E-state index contributed by atoms with van der Waals surface area (Å²) in [6.07, 6.45) is 1.77. The van der Waals surface area contributed by atoms with Crippen molar-refractivity contribution in [2.45, 2.75) is 18.9 Å². The first-order chi connectivity index (χ1) is 9.60. The first-order valence-electron chi connectivity index (χ1n) is 6.70. The van der Waals surface area contributed by atoms with E-state index in [1.807, 2.05) is 0 Å². The second kappa shape index (κ2) is 5.62. The van der Waals surface area contributed by atoms with Crippen LogP contribution in [0.5, 0.6) is 0 Å². The van der Waals surface area contributed by atoms with Gasteiger partial charge < -0.3 is 9.47 Å². The Labute approximate surface area is 130 Å². The predicted octanol–water partition coefficient (Wildman–Crippen LogP) is 3.60. The molecule has 1 aliphatic heterocycles. The van der Waals surface area contributed by atoms with Crippen molar-refractivity contribution in [2.75, 3.05) is 26.0 Å². The summed E-state index contributed by atoms with van der Waals surface area (Å²) >= 11 is 9.11. The predicted molar refractivity (Wildman–Crippen MR) is 83.0 cm³/mol. The van der Waals surface area contributed by atoms with E-state index in [-0.39, 0.29) is 5.82 Å². The van der Waals surface area contributed by atoms with E-state index in [4.69, 9.17) is 11.6 Å². The first-order valence-corrected chi connectivity index (χ1v) is 8.03. The molecule has 1 aromatic heterocycles. The van der Waals surface area contributed by atoms with Crippen molar-refractivity contribution in [1.82, 2.24) is 14.5 Å². The van der Waals surface area contributed by atoms with Crippen molar-refractivity contribution in [3.63, 3.8) is 0 Å². The van der Waals surface area contributed by atoms with Crippen LogP contribution in [0.15, 0.2) is 16.6 Å². The highest BCUT2D eigenvalue weighted by molar-refractivity contribution is 9.10. The molecule has 1 aliphatic rings. The largest absolute Gasteiger partial charge is 0.323 e. The molecule has 1 saturated heterocycles. The number of hydrogen-bond donors (Lipinski definition) is 0. The van der Waals surface area contributed by atoms with Crippen LogP contribution >= 0.6 is 27.5 Å². The normalized spacial score (nSPS) is 20.1. The molecule has 2 aromatic rings. The van der Waals surface area contributed by atoms with Gasteiger partial charge in [-0.1, -0.05) is 0 Å². The topological polar surface area (TPSA) is 21.1 Å². The molecule has 0 aliphatic carbocycles. The van der Waals surface area contributed by atoms with E-state index in [2.05, 4.69) is 37.4 Å². The smallest absolute Gasteiger partial charge is 0.139 e. The summed E-state index contributed by atoms with van der Waals surface area (Å²) in [6, 6.07) is 3.67. The minimum absolute atomic E-state index is 0.248. The van der Waals surface area contributed by atoms with Gasteiger partial charge in [0, 0.05) is 31.0 Å². The average molecular weight is 361 g/mol. The molecular formula is C14H16BrClFN3. The molecule has 1 unspecified atom stereocenters. The van der Waals surface area contributed by atoms with E-state index in [1.165, 1.54) is 0 Å². The van der Waals surface area contributed by atoms with Crippen LogP contribution in [0.25, 0.3) is 11.0 Å². The number of imidazole rings is 1. The van der Waals surface area contributed by atoms with Crippen LogP contribution in [0, 0.1) is 5.82 Å². The summed E-state index contributed by atoms with van der Waals surface area (Å²) < 4.78 is 16.5. The van der Waals surface area contributed by atoms with Gasteiger partial charge in [-0.2, -0.15) is 0 Å². The van der Waals surface area contributed by atoms with Crippen molar-refractivity contribution in [3.05, 3.63) is 28.2 Å². The maximum absolute atomic E-state index is 13.9. The van der Waals surface area contributed by atoms with E-state index < -0.39 is 0 Å². The Morgan fingerprint density at radius 3 is 2.95 bits per heavy atom. The zero-order valence-electron chi connectivity index (χ0n) is 11.2. The van der Waals surface area contributed by atoms with Crippen molar-refractivity contribution in [3.8, 4) is 0 Å². The van der Waals surface area contributed by atoms with Crippen LogP contribution in [-0.4, -0.2) is 40.5 Å². The Kier molecular flexibility index (Phi) is 4.02. The third-order valence-corrected chi connectivity index (χ3v) is 4.65. The van der Waals surface area contributed by atoms with Crippen molar-refractivity contribution in [2.24, 2.45) is 0 Å². The fourth-order valence-electron chi connectivity index (χ4n) is 2.93. The number of alkyl halides is 1. The number of hydrogen-bond acceptors (Lipinski definition) is 2. The highest BCUT2D eigenvalue weighted by Crippen LogP contribution is 2.30. The highest BCUT2D eigenvalue weighted by atomic mass is 79.9. The molecule has 1 fully saturated rings. The number of fused-ring (bicyclic) bond motifs is 1. The van der Waals surface area contributed by atoms with Gasteiger partial charge in [0.15, 0.2) is 0 Å². The summed E-state index contributed by atoms with van der Waals surface area (Å²) in [7, 11) is 2.11.